The van der Waals surface area contributed by atoms with E-state index in [4.69, 9.17) is 30.9 Å². The molecule has 1 atom stereocenters. The average Bonchev–Trinajstić information content (AvgIpc) is 3.62. The summed E-state index contributed by atoms with van der Waals surface area (Å²) in [5.41, 5.74) is 0.0894. The van der Waals surface area contributed by atoms with Gasteiger partial charge in [-0.15, -0.1) is 11.3 Å². The van der Waals surface area contributed by atoms with Gasteiger partial charge < -0.3 is 19.2 Å². The zero-order valence-electron chi connectivity index (χ0n) is 20.7. The number of hydrogen-bond donors (Lipinski definition) is 0. The molecule has 0 N–H and O–H groups in total. The third-order valence-electron chi connectivity index (χ3n) is 6.53. The number of aromatic nitrogens is 3. The number of carbonyl (C=O) groups excluding carboxylic acids is 1. The van der Waals surface area contributed by atoms with E-state index >= 15 is 0 Å². The summed E-state index contributed by atoms with van der Waals surface area (Å²) in [7, 11) is 1.48. The smallest absolute Gasteiger partial charge is 0.416 e. The second kappa shape index (κ2) is 11.3. The van der Waals surface area contributed by atoms with Gasteiger partial charge in [0.1, 0.15) is 12.0 Å². The number of carbonyl (C=O) groups is 1. The standard InChI is InChI=1S/C25H23ClF3N5O4S/c1-36-20-10-21(31-13-30-20)37-11-22(35)34-7-5-14(6-8-34)24-32-18(12-39-24)17-9-19(38-33-17)23-15(25(27,28)29)3-2-4-16(23)26/h2-4,10,12-14,19H,5-9,11H2,1H3. The Kier molecular flexibility index (Phi) is 7.89. The van der Waals surface area contributed by atoms with Crippen molar-refractivity contribution >= 4 is 34.6 Å². The Hall–Kier alpha value is -3.45. The van der Waals surface area contributed by atoms with Crippen molar-refractivity contribution in [3.63, 3.8) is 0 Å². The van der Waals surface area contributed by atoms with E-state index in [9.17, 15) is 18.0 Å². The van der Waals surface area contributed by atoms with Gasteiger partial charge >= 0.3 is 6.18 Å². The second-order valence-corrected chi connectivity index (χ2v) is 10.2. The van der Waals surface area contributed by atoms with Crippen LogP contribution in [0.1, 0.15) is 53.1 Å². The molecule has 9 nitrogen and oxygen atoms in total. The lowest BCUT2D eigenvalue weighted by Gasteiger charge is -2.31. The number of amides is 1. The minimum atomic E-state index is -4.56. The third-order valence-corrected chi connectivity index (χ3v) is 7.87. The maximum atomic E-state index is 13.5. The van der Waals surface area contributed by atoms with Crippen molar-refractivity contribution in [2.75, 3.05) is 26.8 Å². The van der Waals surface area contributed by atoms with Gasteiger partial charge in [0, 0.05) is 41.4 Å². The molecule has 0 saturated carbocycles. The molecular weight excluding hydrogens is 559 g/mol. The van der Waals surface area contributed by atoms with Crippen LogP contribution in [0, 0.1) is 0 Å². The molecule has 0 radical (unpaired) electrons. The highest BCUT2D eigenvalue weighted by Gasteiger charge is 2.39. The van der Waals surface area contributed by atoms with Crippen LogP contribution in [0.2, 0.25) is 5.02 Å². The summed E-state index contributed by atoms with van der Waals surface area (Å²) in [5, 5.41) is 6.73. The monoisotopic (exact) mass is 581 g/mol. The van der Waals surface area contributed by atoms with E-state index in [2.05, 4.69) is 15.1 Å². The molecule has 1 fully saturated rings. The molecule has 206 valence electrons. The van der Waals surface area contributed by atoms with Gasteiger partial charge in [-0.2, -0.15) is 13.2 Å². The highest BCUT2D eigenvalue weighted by atomic mass is 35.5. The summed E-state index contributed by atoms with van der Waals surface area (Å²) in [6.07, 6.45) is -2.64. The molecule has 2 aromatic heterocycles. The van der Waals surface area contributed by atoms with Gasteiger partial charge in [0.2, 0.25) is 11.8 Å². The molecule has 1 unspecified atom stereocenters. The van der Waals surface area contributed by atoms with Crippen LogP contribution < -0.4 is 9.47 Å². The van der Waals surface area contributed by atoms with Crippen molar-refractivity contribution in [1.29, 1.82) is 0 Å². The number of benzene rings is 1. The number of thiazole rings is 1. The van der Waals surface area contributed by atoms with Crippen LogP contribution in [0.25, 0.3) is 0 Å². The fourth-order valence-corrected chi connectivity index (χ4v) is 5.82. The first-order chi connectivity index (χ1) is 18.7. The Morgan fingerprint density at radius 3 is 2.74 bits per heavy atom. The first kappa shape index (κ1) is 27.1. The van der Waals surface area contributed by atoms with Gasteiger partial charge in [0.25, 0.3) is 5.91 Å². The van der Waals surface area contributed by atoms with Gasteiger partial charge in [0.05, 0.1) is 29.4 Å². The van der Waals surface area contributed by atoms with Gasteiger partial charge in [0.15, 0.2) is 12.7 Å². The van der Waals surface area contributed by atoms with Crippen molar-refractivity contribution in [3.8, 4) is 11.8 Å². The topological polar surface area (TPSA) is 99.0 Å². The van der Waals surface area contributed by atoms with Gasteiger partial charge in [-0.3, -0.25) is 4.79 Å². The molecule has 1 aromatic carbocycles. The Morgan fingerprint density at radius 2 is 2.00 bits per heavy atom. The summed E-state index contributed by atoms with van der Waals surface area (Å²) in [5.74, 6) is 0.605. The van der Waals surface area contributed by atoms with Crippen LogP contribution in [0.15, 0.2) is 41.1 Å². The molecule has 5 rings (SSSR count). The molecule has 0 bridgehead atoms. The number of halogens is 4. The number of likely N-dealkylation sites (tertiary alicyclic amines) is 1. The maximum absolute atomic E-state index is 13.5. The minimum Gasteiger partial charge on any atom is -0.481 e. The van der Waals surface area contributed by atoms with E-state index in [1.165, 1.54) is 43.0 Å². The zero-order chi connectivity index (χ0) is 27.6. The van der Waals surface area contributed by atoms with Crippen LogP contribution in [0.5, 0.6) is 11.8 Å². The molecule has 3 aromatic rings. The summed E-state index contributed by atoms with van der Waals surface area (Å²) in [6.45, 7) is 0.955. The van der Waals surface area contributed by atoms with E-state index in [1.54, 1.807) is 4.90 Å². The second-order valence-electron chi connectivity index (χ2n) is 8.95. The van der Waals surface area contributed by atoms with Crippen LogP contribution in [0.4, 0.5) is 13.2 Å². The minimum absolute atomic E-state index is 0.0197. The third kappa shape index (κ3) is 6.09. The van der Waals surface area contributed by atoms with Crippen molar-refractivity contribution < 1.29 is 32.3 Å². The predicted molar refractivity (Wildman–Crippen MR) is 136 cm³/mol. The predicted octanol–water partition coefficient (Wildman–Crippen LogP) is 5.26. The van der Waals surface area contributed by atoms with Crippen LogP contribution in [-0.2, 0) is 15.8 Å². The molecule has 39 heavy (non-hydrogen) atoms. The number of hydrogen-bond acceptors (Lipinski definition) is 9. The first-order valence-corrected chi connectivity index (χ1v) is 13.3. The number of oxime groups is 1. The summed E-state index contributed by atoms with van der Waals surface area (Å²) in [4.78, 5) is 32.3. The molecule has 1 saturated heterocycles. The lowest BCUT2D eigenvalue weighted by atomic mass is 9.97. The van der Waals surface area contributed by atoms with Crippen LogP contribution in [-0.4, -0.2) is 58.3 Å². The fraction of sp³-hybridized carbons (Fsp3) is 0.400. The van der Waals surface area contributed by atoms with Crippen LogP contribution in [0.3, 0.4) is 0 Å². The van der Waals surface area contributed by atoms with E-state index in [0.717, 1.165) is 23.9 Å². The number of nitrogens with zero attached hydrogens (tertiary/aromatic N) is 5. The summed E-state index contributed by atoms with van der Waals surface area (Å²) >= 11 is 7.58. The van der Waals surface area contributed by atoms with E-state index < -0.39 is 17.8 Å². The van der Waals surface area contributed by atoms with Crippen molar-refractivity contribution in [3.05, 3.63) is 62.8 Å². The molecule has 2 aliphatic rings. The Bertz CT molecular complexity index is 1380. The Morgan fingerprint density at radius 1 is 1.23 bits per heavy atom. The van der Waals surface area contributed by atoms with Crippen molar-refractivity contribution in [1.82, 2.24) is 19.9 Å². The molecule has 4 heterocycles. The van der Waals surface area contributed by atoms with Gasteiger partial charge in [-0.25, -0.2) is 15.0 Å². The molecule has 2 aliphatic heterocycles. The largest absolute Gasteiger partial charge is 0.481 e. The normalized spacial score (nSPS) is 18.0. The number of alkyl halides is 3. The molecule has 14 heteroatoms. The Balaban J connectivity index is 1.16. The Labute approximate surface area is 230 Å². The van der Waals surface area contributed by atoms with E-state index in [1.807, 2.05) is 5.38 Å². The quantitative estimate of drug-likeness (QED) is 0.375. The lowest BCUT2D eigenvalue weighted by Crippen LogP contribution is -2.40. The van der Waals surface area contributed by atoms with Crippen LogP contribution >= 0.6 is 22.9 Å². The fourth-order valence-electron chi connectivity index (χ4n) is 4.52. The summed E-state index contributed by atoms with van der Waals surface area (Å²) in [6, 6.07) is 5.16. The first-order valence-electron chi connectivity index (χ1n) is 12.0. The summed E-state index contributed by atoms with van der Waals surface area (Å²) < 4.78 is 51.1. The SMILES string of the molecule is COc1cc(OCC(=O)N2CCC(c3nc(C4=NOC(c5c(Cl)cccc5C(F)(F)F)C4)cs3)CC2)ncn1. The number of methoxy groups -OCH3 is 1. The van der Waals surface area contributed by atoms with E-state index in [0.29, 0.717) is 30.4 Å². The highest BCUT2D eigenvalue weighted by Crippen LogP contribution is 2.42. The highest BCUT2D eigenvalue weighted by molar-refractivity contribution is 7.10. The lowest BCUT2D eigenvalue weighted by molar-refractivity contribution is -0.139. The maximum Gasteiger partial charge on any atom is 0.416 e. The molecule has 0 aliphatic carbocycles. The number of ether oxygens (including phenoxy) is 2. The molecule has 0 spiro atoms. The average molecular weight is 582 g/mol. The van der Waals surface area contributed by atoms with E-state index in [-0.39, 0.29) is 41.3 Å². The number of piperidine rings is 1. The molecular formula is C25H23ClF3N5O4S. The van der Waals surface area contributed by atoms with Crippen molar-refractivity contribution in [2.45, 2.75) is 37.5 Å². The van der Waals surface area contributed by atoms with Crippen molar-refractivity contribution in [2.24, 2.45) is 5.16 Å². The zero-order valence-corrected chi connectivity index (χ0v) is 22.2. The van der Waals surface area contributed by atoms with Gasteiger partial charge in [-0.05, 0) is 25.0 Å². The number of rotatable bonds is 7. The van der Waals surface area contributed by atoms with Gasteiger partial charge in [-0.1, -0.05) is 22.8 Å². The molecule has 1 amide bonds.